The Morgan fingerprint density at radius 2 is 2.05 bits per heavy atom. The van der Waals surface area contributed by atoms with Crippen molar-refractivity contribution in [1.82, 2.24) is 9.97 Å². The molecule has 3 nitrogen and oxygen atoms in total. The topological polar surface area (TPSA) is 37.9 Å². The fourth-order valence-corrected chi connectivity index (χ4v) is 2.57. The van der Waals surface area contributed by atoms with Gasteiger partial charge in [-0.2, -0.15) is 0 Å². The highest BCUT2D eigenvalue weighted by molar-refractivity contribution is 7.71. The average Bonchev–Trinajstić information content (AvgIpc) is 2.44. The maximum absolute atomic E-state index is 5.84. The number of aromatic amines is 1. The number of para-hydroxylation sites is 1. The van der Waals surface area contributed by atoms with Crippen LogP contribution in [0.3, 0.4) is 0 Å². The second-order valence-corrected chi connectivity index (χ2v) is 5.38. The lowest BCUT2D eigenvalue weighted by atomic mass is 9.98. The van der Waals surface area contributed by atoms with Crippen molar-refractivity contribution in [2.24, 2.45) is 0 Å². The van der Waals surface area contributed by atoms with E-state index >= 15 is 0 Å². The number of nitrogens with one attached hydrogen (secondary N) is 1. The number of aromatic nitrogens is 2. The molecule has 0 radical (unpaired) electrons. The van der Waals surface area contributed by atoms with E-state index in [1.165, 1.54) is 0 Å². The monoisotopic (exact) mass is 288 g/mol. The third-order valence-corrected chi connectivity index (χ3v) is 3.41. The van der Waals surface area contributed by atoms with Crippen molar-refractivity contribution in [1.29, 1.82) is 0 Å². The first-order valence-electron chi connectivity index (χ1n) is 6.95. The minimum absolute atomic E-state index is 0.307. The number of hydrogen-bond acceptors (Lipinski definition) is 3. The molecule has 0 aliphatic heterocycles. The van der Waals surface area contributed by atoms with Crippen LogP contribution in [0.1, 0.15) is 38.7 Å². The fourth-order valence-electron chi connectivity index (χ4n) is 2.18. The second kappa shape index (κ2) is 6.66. The molecule has 2 rings (SSSR count). The van der Waals surface area contributed by atoms with E-state index in [-0.39, 0.29) is 0 Å². The van der Waals surface area contributed by atoms with Crippen LogP contribution in [-0.4, -0.2) is 16.6 Å². The largest absolute Gasteiger partial charge is 0.493 e. The Balaban J connectivity index is 2.57. The highest BCUT2D eigenvalue weighted by Gasteiger charge is 2.15. The van der Waals surface area contributed by atoms with Gasteiger partial charge in [-0.3, -0.25) is 0 Å². The van der Waals surface area contributed by atoms with Crippen LogP contribution in [0.4, 0.5) is 0 Å². The van der Waals surface area contributed by atoms with Gasteiger partial charge in [0.15, 0.2) is 0 Å². The molecular weight excluding hydrogens is 268 g/mol. The Labute approximate surface area is 125 Å². The molecule has 1 N–H and O–H groups in total. The quantitative estimate of drug-likeness (QED) is 0.809. The minimum atomic E-state index is 0.307. The molecule has 1 aromatic carbocycles. The molecule has 0 saturated carbocycles. The molecule has 1 aromatic heterocycles. The van der Waals surface area contributed by atoms with Crippen LogP contribution >= 0.6 is 12.2 Å². The summed E-state index contributed by atoms with van der Waals surface area (Å²) in [4.78, 5) is 7.43. The molecule has 0 unspecified atom stereocenters. The van der Waals surface area contributed by atoms with Gasteiger partial charge in [0.1, 0.15) is 10.4 Å². The third kappa shape index (κ3) is 3.07. The summed E-state index contributed by atoms with van der Waals surface area (Å²) in [5.74, 6) is 1.19. The summed E-state index contributed by atoms with van der Waals surface area (Å²) in [7, 11) is 0. The summed E-state index contributed by atoms with van der Waals surface area (Å²) in [6.07, 6.45) is 2.64. The van der Waals surface area contributed by atoms with Crippen molar-refractivity contribution in [3.05, 3.63) is 40.8 Å². The number of hydrogen-bond donors (Lipinski definition) is 1. The predicted molar refractivity (Wildman–Crippen MR) is 84.7 cm³/mol. The number of nitrogens with zero attached hydrogens (tertiary/aromatic N) is 1. The summed E-state index contributed by atoms with van der Waals surface area (Å²) in [6.45, 7) is 7.06. The van der Waals surface area contributed by atoms with E-state index in [0.29, 0.717) is 17.2 Å². The van der Waals surface area contributed by atoms with E-state index in [4.69, 9.17) is 17.0 Å². The Hall–Kier alpha value is -1.68. The van der Waals surface area contributed by atoms with E-state index < -0.39 is 0 Å². The van der Waals surface area contributed by atoms with Crippen LogP contribution in [0.2, 0.25) is 0 Å². The van der Waals surface area contributed by atoms with Gasteiger partial charge in [0.05, 0.1) is 18.6 Å². The van der Waals surface area contributed by atoms with E-state index in [0.717, 1.165) is 29.0 Å². The molecule has 1 heterocycles. The lowest BCUT2D eigenvalue weighted by Crippen LogP contribution is -2.02. The van der Waals surface area contributed by atoms with Gasteiger partial charge in [0.2, 0.25) is 0 Å². The number of ether oxygens (including phenoxy) is 1. The van der Waals surface area contributed by atoms with E-state index in [9.17, 15) is 0 Å². The zero-order valence-corrected chi connectivity index (χ0v) is 13.0. The summed E-state index contributed by atoms with van der Waals surface area (Å²) in [5.41, 5.74) is 3.11. The molecule has 0 saturated heterocycles. The zero-order valence-electron chi connectivity index (χ0n) is 12.1. The highest BCUT2D eigenvalue weighted by atomic mass is 32.1. The molecule has 0 atom stereocenters. The van der Waals surface area contributed by atoms with Crippen molar-refractivity contribution in [2.45, 2.75) is 33.1 Å². The Morgan fingerprint density at radius 1 is 1.30 bits per heavy atom. The molecule has 2 aromatic rings. The van der Waals surface area contributed by atoms with Gasteiger partial charge < -0.3 is 9.72 Å². The van der Waals surface area contributed by atoms with Gasteiger partial charge in [-0.1, -0.05) is 45.1 Å². The van der Waals surface area contributed by atoms with Crippen molar-refractivity contribution >= 4 is 12.2 Å². The summed E-state index contributed by atoms with van der Waals surface area (Å²) < 4.78 is 6.49. The maximum Gasteiger partial charge on any atom is 0.133 e. The van der Waals surface area contributed by atoms with Gasteiger partial charge >= 0.3 is 0 Å². The van der Waals surface area contributed by atoms with Gasteiger partial charge in [-0.05, 0) is 24.5 Å². The van der Waals surface area contributed by atoms with Gasteiger partial charge in [0.25, 0.3) is 0 Å². The predicted octanol–water partition coefficient (Wildman–Crippen LogP) is 4.72. The van der Waals surface area contributed by atoms with Crippen molar-refractivity contribution < 1.29 is 4.74 Å². The molecule has 20 heavy (non-hydrogen) atoms. The Bertz CT molecular complexity index is 634. The van der Waals surface area contributed by atoms with Crippen LogP contribution in [0.15, 0.2) is 30.6 Å². The second-order valence-electron chi connectivity index (χ2n) is 5.00. The van der Waals surface area contributed by atoms with Crippen LogP contribution in [0, 0.1) is 4.64 Å². The number of benzene rings is 1. The Kier molecular flexibility index (Phi) is 4.90. The lowest BCUT2D eigenvalue weighted by molar-refractivity contribution is 0.318. The smallest absolute Gasteiger partial charge is 0.133 e. The first kappa shape index (κ1) is 14.7. The zero-order chi connectivity index (χ0) is 14.5. The standard InChI is InChI=1S/C16H20N2OS/c1-4-9-19-13-8-6-5-7-12(13)15-14(11(2)3)16(20)18-10-17-15/h5-8,10-11H,4,9H2,1-3H3,(H,17,18,20). The van der Waals surface area contributed by atoms with E-state index in [2.05, 4.69) is 36.8 Å². The highest BCUT2D eigenvalue weighted by Crippen LogP contribution is 2.33. The first-order chi connectivity index (χ1) is 9.65. The van der Waals surface area contributed by atoms with Crippen molar-refractivity contribution in [3.8, 4) is 17.0 Å². The van der Waals surface area contributed by atoms with E-state index in [1.807, 2.05) is 18.2 Å². The summed E-state index contributed by atoms with van der Waals surface area (Å²) in [6, 6.07) is 8.04. The molecule has 4 heteroatoms. The van der Waals surface area contributed by atoms with Crippen LogP contribution in [0.25, 0.3) is 11.3 Å². The molecular formula is C16H20N2OS. The molecule has 0 amide bonds. The van der Waals surface area contributed by atoms with Crippen molar-refractivity contribution in [3.63, 3.8) is 0 Å². The first-order valence-corrected chi connectivity index (χ1v) is 7.35. The number of H-pyrrole nitrogens is 1. The van der Waals surface area contributed by atoms with Crippen LogP contribution in [-0.2, 0) is 0 Å². The molecule has 106 valence electrons. The lowest BCUT2D eigenvalue weighted by Gasteiger charge is -2.15. The molecule has 0 bridgehead atoms. The fraction of sp³-hybridized carbons (Fsp3) is 0.375. The van der Waals surface area contributed by atoms with E-state index in [1.54, 1.807) is 6.33 Å². The minimum Gasteiger partial charge on any atom is -0.493 e. The number of rotatable bonds is 5. The summed E-state index contributed by atoms with van der Waals surface area (Å²) >= 11 is 5.37. The van der Waals surface area contributed by atoms with Gasteiger partial charge in [-0.25, -0.2) is 4.98 Å². The SMILES string of the molecule is CCCOc1ccccc1-c1[nH]cnc(=S)c1C(C)C. The molecule has 0 aliphatic rings. The van der Waals surface area contributed by atoms with Crippen molar-refractivity contribution in [2.75, 3.05) is 6.61 Å². The van der Waals surface area contributed by atoms with Gasteiger partial charge in [0, 0.05) is 11.1 Å². The third-order valence-electron chi connectivity index (χ3n) is 3.09. The molecule has 0 spiro atoms. The van der Waals surface area contributed by atoms with Crippen LogP contribution in [0.5, 0.6) is 5.75 Å². The van der Waals surface area contributed by atoms with Gasteiger partial charge in [-0.15, -0.1) is 0 Å². The molecule has 0 aliphatic carbocycles. The van der Waals surface area contributed by atoms with Crippen LogP contribution < -0.4 is 4.74 Å². The summed E-state index contributed by atoms with van der Waals surface area (Å²) in [5, 5.41) is 0. The Morgan fingerprint density at radius 3 is 2.75 bits per heavy atom. The average molecular weight is 288 g/mol. The molecule has 0 fully saturated rings. The maximum atomic E-state index is 5.84. The normalized spacial score (nSPS) is 10.8.